The number of rotatable bonds is 1. The quantitative estimate of drug-likeness (QED) is 0.717. The fourth-order valence-electron chi connectivity index (χ4n) is 2.77. The number of ketones is 1. The van der Waals surface area contributed by atoms with Crippen LogP contribution in [0, 0.1) is 6.92 Å². The molecule has 0 aromatic heterocycles. The van der Waals surface area contributed by atoms with E-state index in [1.165, 1.54) is 11.1 Å². The van der Waals surface area contributed by atoms with E-state index in [9.17, 15) is 4.79 Å². The van der Waals surface area contributed by atoms with Gasteiger partial charge in [0, 0.05) is 17.9 Å². The normalized spacial score (nSPS) is 21.7. The molecular weight excluding hydrogens is 220 g/mol. The van der Waals surface area contributed by atoms with Gasteiger partial charge in [0.15, 0.2) is 5.78 Å². The van der Waals surface area contributed by atoms with Crippen molar-refractivity contribution in [3.05, 3.63) is 70.8 Å². The Morgan fingerprint density at radius 1 is 1.22 bits per heavy atom. The molecule has 1 unspecified atom stereocenters. The zero-order chi connectivity index (χ0) is 12.5. The minimum atomic E-state index is 0.254. The van der Waals surface area contributed by atoms with E-state index < -0.39 is 0 Å². The minimum Gasteiger partial charge on any atom is -0.294 e. The van der Waals surface area contributed by atoms with Crippen molar-refractivity contribution in [3.63, 3.8) is 0 Å². The van der Waals surface area contributed by atoms with Crippen molar-refractivity contribution in [3.8, 4) is 0 Å². The molecule has 18 heavy (non-hydrogen) atoms. The zero-order valence-electron chi connectivity index (χ0n) is 10.5. The molecule has 0 saturated heterocycles. The third-order valence-corrected chi connectivity index (χ3v) is 3.70. The lowest BCUT2D eigenvalue weighted by atomic mass is 9.91. The van der Waals surface area contributed by atoms with Gasteiger partial charge in [0.2, 0.25) is 0 Å². The number of carbonyl (C=O) groups is 1. The van der Waals surface area contributed by atoms with Gasteiger partial charge in [-0.25, -0.2) is 0 Å². The highest BCUT2D eigenvalue weighted by Crippen LogP contribution is 2.39. The summed E-state index contributed by atoms with van der Waals surface area (Å²) in [5.74, 6) is 0.537. The van der Waals surface area contributed by atoms with E-state index in [4.69, 9.17) is 0 Å². The van der Waals surface area contributed by atoms with Crippen molar-refractivity contribution >= 4 is 5.78 Å². The van der Waals surface area contributed by atoms with E-state index in [1.807, 2.05) is 13.0 Å². The van der Waals surface area contributed by atoms with Gasteiger partial charge in [-0.05, 0) is 30.5 Å². The van der Waals surface area contributed by atoms with E-state index in [-0.39, 0.29) is 11.7 Å². The summed E-state index contributed by atoms with van der Waals surface area (Å²) in [4.78, 5) is 12.1. The van der Waals surface area contributed by atoms with Gasteiger partial charge in [-0.3, -0.25) is 4.79 Å². The topological polar surface area (TPSA) is 17.1 Å². The van der Waals surface area contributed by atoms with Crippen LogP contribution in [0.4, 0.5) is 0 Å². The molecule has 0 fully saturated rings. The number of hydrogen-bond acceptors (Lipinski definition) is 1. The van der Waals surface area contributed by atoms with Crippen molar-refractivity contribution in [2.24, 2.45) is 0 Å². The Hall–Kier alpha value is -1.89. The number of allylic oxidation sites excluding steroid dienone is 6. The Kier molecular flexibility index (Phi) is 2.75. The van der Waals surface area contributed by atoms with Gasteiger partial charge < -0.3 is 0 Å². The largest absolute Gasteiger partial charge is 0.294 e. The van der Waals surface area contributed by atoms with E-state index in [1.54, 1.807) is 0 Å². The number of aryl methyl sites for hydroxylation is 1. The maximum Gasteiger partial charge on any atom is 0.164 e. The van der Waals surface area contributed by atoms with Gasteiger partial charge in [0.05, 0.1) is 0 Å². The van der Waals surface area contributed by atoms with Crippen LogP contribution in [0.2, 0.25) is 0 Å². The highest BCUT2D eigenvalue weighted by Gasteiger charge is 2.30. The Morgan fingerprint density at radius 2 is 2.11 bits per heavy atom. The molecule has 0 amide bonds. The highest BCUT2D eigenvalue weighted by atomic mass is 16.1. The predicted octanol–water partition coefficient (Wildman–Crippen LogP) is 4.11. The first-order valence-electron chi connectivity index (χ1n) is 6.43. The van der Waals surface area contributed by atoms with E-state index >= 15 is 0 Å². The van der Waals surface area contributed by atoms with Crippen LogP contribution in [-0.4, -0.2) is 5.78 Å². The first-order valence-corrected chi connectivity index (χ1v) is 6.43. The molecule has 1 aromatic rings. The lowest BCUT2D eigenvalue weighted by Crippen LogP contribution is -1.97. The van der Waals surface area contributed by atoms with Gasteiger partial charge in [-0.1, -0.05) is 48.1 Å². The van der Waals surface area contributed by atoms with Crippen LogP contribution in [0.25, 0.3) is 0 Å². The monoisotopic (exact) mass is 236 g/mol. The summed E-state index contributed by atoms with van der Waals surface area (Å²) in [5.41, 5.74) is 4.56. The lowest BCUT2D eigenvalue weighted by molar-refractivity contribution is 0.0991. The van der Waals surface area contributed by atoms with Crippen LogP contribution in [0.15, 0.2) is 54.2 Å². The number of hydrogen-bond donors (Lipinski definition) is 0. The second kappa shape index (κ2) is 4.41. The third-order valence-electron chi connectivity index (χ3n) is 3.70. The summed E-state index contributed by atoms with van der Waals surface area (Å²) in [6.45, 7) is 2.04. The van der Waals surface area contributed by atoms with Crippen molar-refractivity contribution in [2.45, 2.75) is 25.7 Å². The molecule has 2 aliphatic carbocycles. The van der Waals surface area contributed by atoms with Crippen LogP contribution in [-0.2, 0) is 0 Å². The number of Topliss-reactive ketones (excluding diaryl/α,β-unsaturated/α-hetero) is 1. The molecule has 90 valence electrons. The standard InChI is InChI=1S/C17H16O/c1-12-8-9-14-15(11-17(18)16(14)10-12)13-6-4-2-3-5-7-13/h2-4,6-10,15H,5,11H2,1H3. The van der Waals surface area contributed by atoms with Crippen LogP contribution in [0.3, 0.4) is 0 Å². The summed E-state index contributed by atoms with van der Waals surface area (Å²) in [7, 11) is 0. The molecule has 1 heteroatoms. The lowest BCUT2D eigenvalue weighted by Gasteiger charge is -2.12. The molecule has 1 aromatic carbocycles. The molecule has 0 N–H and O–H groups in total. The van der Waals surface area contributed by atoms with E-state index in [0.29, 0.717) is 6.42 Å². The van der Waals surface area contributed by atoms with Gasteiger partial charge in [-0.2, -0.15) is 0 Å². The fraction of sp³-hybridized carbons (Fsp3) is 0.235. The molecule has 1 nitrogen and oxygen atoms in total. The van der Waals surface area contributed by atoms with Crippen molar-refractivity contribution in [1.29, 1.82) is 0 Å². The van der Waals surface area contributed by atoms with Crippen LogP contribution >= 0.6 is 0 Å². The molecule has 0 bridgehead atoms. The number of fused-ring (bicyclic) bond motifs is 1. The summed E-state index contributed by atoms with van der Waals surface area (Å²) >= 11 is 0. The Bertz CT molecular complexity index is 588. The molecule has 0 aliphatic heterocycles. The van der Waals surface area contributed by atoms with E-state index in [0.717, 1.165) is 17.5 Å². The number of carbonyl (C=O) groups excluding carboxylic acids is 1. The maximum absolute atomic E-state index is 12.1. The smallest absolute Gasteiger partial charge is 0.164 e. The fourth-order valence-corrected chi connectivity index (χ4v) is 2.77. The molecule has 0 spiro atoms. The van der Waals surface area contributed by atoms with Gasteiger partial charge >= 0.3 is 0 Å². The van der Waals surface area contributed by atoms with Crippen LogP contribution < -0.4 is 0 Å². The molecule has 3 rings (SSSR count). The zero-order valence-corrected chi connectivity index (χ0v) is 10.5. The summed E-state index contributed by atoms with van der Waals surface area (Å²) < 4.78 is 0. The van der Waals surface area contributed by atoms with Crippen molar-refractivity contribution < 1.29 is 4.79 Å². The molecule has 1 atom stereocenters. The van der Waals surface area contributed by atoms with Gasteiger partial charge in [0.1, 0.15) is 0 Å². The van der Waals surface area contributed by atoms with Crippen LogP contribution in [0.1, 0.15) is 40.2 Å². The maximum atomic E-state index is 12.1. The second-order valence-corrected chi connectivity index (χ2v) is 5.00. The minimum absolute atomic E-state index is 0.254. The Balaban J connectivity index is 2.03. The second-order valence-electron chi connectivity index (χ2n) is 5.00. The summed E-state index contributed by atoms with van der Waals surface area (Å²) in [6, 6.07) is 6.24. The molecular formula is C17H16O. The molecule has 2 aliphatic rings. The van der Waals surface area contributed by atoms with E-state index in [2.05, 4.69) is 42.5 Å². The van der Waals surface area contributed by atoms with Crippen molar-refractivity contribution in [2.75, 3.05) is 0 Å². The molecule has 0 radical (unpaired) electrons. The third kappa shape index (κ3) is 1.86. The Labute approximate surface area is 108 Å². The predicted molar refractivity (Wildman–Crippen MR) is 73.8 cm³/mol. The molecule has 0 saturated carbocycles. The summed E-state index contributed by atoms with van der Waals surface area (Å²) in [5, 5.41) is 0. The average Bonchev–Trinajstić information content (AvgIpc) is 2.58. The number of benzene rings is 1. The molecule has 0 heterocycles. The SMILES string of the molecule is Cc1ccc2c(c1)C(=O)CC2C1=CCC=CC=C1. The highest BCUT2D eigenvalue weighted by molar-refractivity contribution is 6.02. The van der Waals surface area contributed by atoms with Crippen LogP contribution in [0.5, 0.6) is 0 Å². The first kappa shape index (κ1) is 11.2. The van der Waals surface area contributed by atoms with Gasteiger partial charge in [-0.15, -0.1) is 0 Å². The van der Waals surface area contributed by atoms with Gasteiger partial charge in [0.25, 0.3) is 0 Å². The Morgan fingerprint density at radius 3 is 3.00 bits per heavy atom. The summed E-state index contributed by atoms with van der Waals surface area (Å²) in [6.07, 6.45) is 12.2. The average molecular weight is 236 g/mol. The van der Waals surface area contributed by atoms with Crippen molar-refractivity contribution in [1.82, 2.24) is 0 Å². The first-order chi connectivity index (χ1) is 8.75.